The predicted octanol–water partition coefficient (Wildman–Crippen LogP) is 4.82. The summed E-state index contributed by atoms with van der Waals surface area (Å²) in [5.41, 5.74) is 2.69. The number of likely N-dealkylation sites (tertiary alicyclic amines) is 1. The lowest BCUT2D eigenvalue weighted by atomic mass is 9.95. The van der Waals surface area contributed by atoms with E-state index in [9.17, 15) is 9.18 Å². The van der Waals surface area contributed by atoms with Gasteiger partial charge in [0.2, 0.25) is 5.91 Å². The molecule has 0 aliphatic carbocycles. The van der Waals surface area contributed by atoms with Gasteiger partial charge in [-0.05, 0) is 67.1 Å². The van der Waals surface area contributed by atoms with Crippen LogP contribution in [0.15, 0.2) is 54.6 Å². The summed E-state index contributed by atoms with van der Waals surface area (Å²) < 4.78 is 19.2. The van der Waals surface area contributed by atoms with Crippen molar-refractivity contribution in [3.05, 3.63) is 77.1 Å². The van der Waals surface area contributed by atoms with Crippen LogP contribution in [0.1, 0.15) is 29.5 Å². The van der Waals surface area contributed by atoms with Gasteiger partial charge < -0.3 is 10.1 Å². The van der Waals surface area contributed by atoms with E-state index in [2.05, 4.69) is 34.5 Å². The molecule has 0 bridgehead atoms. The fourth-order valence-corrected chi connectivity index (χ4v) is 4.32. The number of aryl methyl sites for hydroxylation is 1. The molecule has 5 heteroatoms. The van der Waals surface area contributed by atoms with Crippen molar-refractivity contribution in [2.45, 2.75) is 32.9 Å². The van der Waals surface area contributed by atoms with Crippen LogP contribution in [0.25, 0.3) is 10.8 Å². The summed E-state index contributed by atoms with van der Waals surface area (Å²) in [6.45, 7) is 4.74. The molecule has 1 N–H and O–H groups in total. The molecular formula is C26H29FN2O2. The molecule has 3 aromatic carbocycles. The highest BCUT2D eigenvalue weighted by molar-refractivity contribution is 5.91. The Hall–Kier alpha value is -2.92. The molecule has 0 unspecified atom stereocenters. The topological polar surface area (TPSA) is 41.6 Å². The van der Waals surface area contributed by atoms with E-state index < -0.39 is 0 Å². The van der Waals surface area contributed by atoms with Gasteiger partial charge in [0.1, 0.15) is 11.6 Å². The van der Waals surface area contributed by atoms with E-state index in [0.29, 0.717) is 12.1 Å². The summed E-state index contributed by atoms with van der Waals surface area (Å²) in [4.78, 5) is 15.0. The fraction of sp³-hybridized carbons (Fsp3) is 0.346. The van der Waals surface area contributed by atoms with Crippen LogP contribution in [0.5, 0.6) is 5.75 Å². The summed E-state index contributed by atoms with van der Waals surface area (Å²) in [5.74, 6) is 0.740. The third-order valence-corrected chi connectivity index (χ3v) is 6.25. The highest BCUT2D eigenvalue weighted by Gasteiger charge is 2.25. The average Bonchev–Trinajstić information content (AvgIpc) is 2.80. The number of carbonyl (C=O) groups is 1. The Balaban J connectivity index is 1.32. The Morgan fingerprint density at radius 1 is 1.10 bits per heavy atom. The van der Waals surface area contributed by atoms with Crippen LogP contribution in [0.3, 0.4) is 0 Å². The van der Waals surface area contributed by atoms with E-state index in [-0.39, 0.29) is 17.6 Å². The zero-order chi connectivity index (χ0) is 21.8. The Bertz CT molecular complexity index is 1070. The van der Waals surface area contributed by atoms with Crippen molar-refractivity contribution in [1.82, 2.24) is 10.2 Å². The zero-order valence-corrected chi connectivity index (χ0v) is 18.2. The molecule has 0 radical (unpaired) electrons. The van der Waals surface area contributed by atoms with Crippen LogP contribution in [0, 0.1) is 18.7 Å². The molecule has 1 fully saturated rings. The first kappa shape index (κ1) is 21.3. The predicted molar refractivity (Wildman–Crippen MR) is 121 cm³/mol. The summed E-state index contributed by atoms with van der Waals surface area (Å²) in [5, 5.41) is 5.32. The molecule has 1 aliphatic rings. The summed E-state index contributed by atoms with van der Waals surface area (Å²) in [6.07, 6.45) is 1.67. The maximum atomic E-state index is 13.7. The molecule has 162 valence electrons. The lowest BCUT2D eigenvalue weighted by Crippen LogP contribution is -2.40. The van der Waals surface area contributed by atoms with Gasteiger partial charge in [0.25, 0.3) is 0 Å². The summed E-state index contributed by atoms with van der Waals surface area (Å²) in [6, 6.07) is 17.6. The Morgan fingerprint density at radius 3 is 2.55 bits per heavy atom. The number of benzene rings is 3. The largest absolute Gasteiger partial charge is 0.496 e. The van der Waals surface area contributed by atoms with E-state index in [0.717, 1.165) is 49.2 Å². The van der Waals surface area contributed by atoms with Gasteiger partial charge in [0.15, 0.2) is 0 Å². The van der Waals surface area contributed by atoms with E-state index in [1.807, 2.05) is 18.2 Å². The standard InChI is InChI=1S/C26H29FN2O2/c1-18-7-8-19(15-24(18)27)16-28-26(30)20-11-13-29(14-12-20)17-21-9-10-25(31-2)23-6-4-3-5-22(21)23/h3-10,15,20H,11-14,16-17H2,1-2H3,(H,28,30). The van der Waals surface area contributed by atoms with Crippen LogP contribution in [0.4, 0.5) is 4.39 Å². The molecule has 1 saturated heterocycles. The van der Waals surface area contributed by atoms with Crippen LogP contribution >= 0.6 is 0 Å². The Labute approximate surface area is 183 Å². The van der Waals surface area contributed by atoms with Crippen LogP contribution in [0.2, 0.25) is 0 Å². The van der Waals surface area contributed by atoms with Crippen molar-refractivity contribution in [2.24, 2.45) is 5.92 Å². The Kier molecular flexibility index (Phi) is 6.52. The number of amides is 1. The number of nitrogens with zero attached hydrogens (tertiary/aromatic N) is 1. The average molecular weight is 421 g/mol. The number of halogens is 1. The number of fused-ring (bicyclic) bond motifs is 1. The van der Waals surface area contributed by atoms with Gasteiger partial charge in [-0.1, -0.05) is 42.5 Å². The summed E-state index contributed by atoms with van der Waals surface area (Å²) >= 11 is 0. The maximum absolute atomic E-state index is 13.7. The molecule has 1 heterocycles. The first-order valence-corrected chi connectivity index (χ1v) is 10.8. The Morgan fingerprint density at radius 2 is 1.84 bits per heavy atom. The van der Waals surface area contributed by atoms with E-state index in [4.69, 9.17) is 4.74 Å². The molecule has 31 heavy (non-hydrogen) atoms. The number of carbonyl (C=O) groups excluding carboxylic acids is 1. The SMILES string of the molecule is COc1ccc(CN2CCC(C(=O)NCc3ccc(C)c(F)c3)CC2)c2ccccc12. The molecular weight excluding hydrogens is 391 g/mol. The molecule has 1 aliphatic heterocycles. The van der Waals surface area contributed by atoms with Crippen molar-refractivity contribution in [3.63, 3.8) is 0 Å². The van der Waals surface area contributed by atoms with Gasteiger partial charge in [0, 0.05) is 24.4 Å². The first-order valence-electron chi connectivity index (χ1n) is 10.8. The van der Waals surface area contributed by atoms with Gasteiger partial charge in [0.05, 0.1) is 7.11 Å². The number of ether oxygens (including phenoxy) is 1. The maximum Gasteiger partial charge on any atom is 0.223 e. The second-order valence-electron chi connectivity index (χ2n) is 8.32. The van der Waals surface area contributed by atoms with E-state index in [1.54, 1.807) is 20.1 Å². The van der Waals surface area contributed by atoms with E-state index >= 15 is 0 Å². The molecule has 1 amide bonds. The minimum absolute atomic E-state index is 0.0131. The minimum Gasteiger partial charge on any atom is -0.496 e. The molecule has 0 saturated carbocycles. The fourth-order valence-electron chi connectivity index (χ4n) is 4.32. The minimum atomic E-state index is -0.230. The first-order chi connectivity index (χ1) is 15.0. The summed E-state index contributed by atoms with van der Waals surface area (Å²) in [7, 11) is 1.70. The second kappa shape index (κ2) is 9.48. The lowest BCUT2D eigenvalue weighted by molar-refractivity contribution is -0.126. The van der Waals surface area contributed by atoms with Crippen LogP contribution in [-0.2, 0) is 17.9 Å². The molecule has 0 spiro atoms. The highest BCUT2D eigenvalue weighted by Crippen LogP contribution is 2.30. The third kappa shape index (κ3) is 4.88. The number of hydrogen-bond donors (Lipinski definition) is 1. The van der Waals surface area contributed by atoms with Crippen LogP contribution < -0.4 is 10.1 Å². The zero-order valence-electron chi connectivity index (χ0n) is 18.2. The van der Waals surface area contributed by atoms with Gasteiger partial charge in [-0.25, -0.2) is 4.39 Å². The van der Waals surface area contributed by atoms with Gasteiger partial charge >= 0.3 is 0 Å². The van der Waals surface area contributed by atoms with Crippen molar-refractivity contribution in [1.29, 1.82) is 0 Å². The normalized spacial score (nSPS) is 15.2. The molecule has 3 aromatic rings. The highest BCUT2D eigenvalue weighted by atomic mass is 19.1. The third-order valence-electron chi connectivity index (χ3n) is 6.25. The van der Waals surface area contributed by atoms with Crippen molar-refractivity contribution < 1.29 is 13.9 Å². The van der Waals surface area contributed by atoms with Crippen LogP contribution in [-0.4, -0.2) is 31.0 Å². The monoisotopic (exact) mass is 420 g/mol. The van der Waals surface area contributed by atoms with Gasteiger partial charge in [-0.3, -0.25) is 9.69 Å². The quantitative estimate of drug-likeness (QED) is 0.621. The number of rotatable bonds is 6. The smallest absolute Gasteiger partial charge is 0.223 e. The van der Waals surface area contributed by atoms with Crippen molar-refractivity contribution in [3.8, 4) is 5.75 Å². The number of hydrogen-bond acceptors (Lipinski definition) is 3. The van der Waals surface area contributed by atoms with E-state index in [1.165, 1.54) is 17.0 Å². The van der Waals surface area contributed by atoms with Crippen molar-refractivity contribution >= 4 is 16.7 Å². The second-order valence-corrected chi connectivity index (χ2v) is 8.32. The van der Waals surface area contributed by atoms with Crippen molar-refractivity contribution in [2.75, 3.05) is 20.2 Å². The number of methoxy groups -OCH3 is 1. The molecule has 0 aromatic heterocycles. The van der Waals surface area contributed by atoms with Gasteiger partial charge in [-0.15, -0.1) is 0 Å². The van der Waals surface area contributed by atoms with Gasteiger partial charge in [-0.2, -0.15) is 0 Å². The molecule has 4 rings (SSSR count). The molecule has 4 nitrogen and oxygen atoms in total. The lowest BCUT2D eigenvalue weighted by Gasteiger charge is -2.31. The number of piperidine rings is 1. The molecule has 0 atom stereocenters. The number of nitrogens with one attached hydrogen (secondary N) is 1.